The number of aromatic nitrogens is 4. The fourth-order valence-electron chi connectivity index (χ4n) is 2.14. The third kappa shape index (κ3) is 2.74. The van der Waals surface area contributed by atoms with Gasteiger partial charge >= 0.3 is 6.01 Å². The van der Waals surface area contributed by atoms with Crippen LogP contribution in [0.4, 0.5) is 10.2 Å². The van der Waals surface area contributed by atoms with Crippen LogP contribution in [-0.2, 0) is 0 Å². The summed E-state index contributed by atoms with van der Waals surface area (Å²) in [6.07, 6.45) is 2.34. The van der Waals surface area contributed by atoms with Gasteiger partial charge in [0.05, 0.1) is 16.8 Å². The highest BCUT2D eigenvalue weighted by atomic mass is 32.1. The highest BCUT2D eigenvalue weighted by Crippen LogP contribution is 2.33. The van der Waals surface area contributed by atoms with Gasteiger partial charge in [-0.05, 0) is 17.5 Å². The molecular weight excluding hydrogens is 329 g/mol. The molecule has 0 fully saturated rings. The van der Waals surface area contributed by atoms with Crippen LogP contribution < -0.4 is 10.5 Å². The molecule has 0 amide bonds. The molecule has 0 aliphatic heterocycles. The summed E-state index contributed by atoms with van der Waals surface area (Å²) >= 11 is 1.62. The van der Waals surface area contributed by atoms with Crippen LogP contribution in [0.2, 0.25) is 0 Å². The fourth-order valence-corrected chi connectivity index (χ4v) is 3.17. The topological polar surface area (TPSA) is 86.8 Å². The van der Waals surface area contributed by atoms with Crippen LogP contribution in [0.5, 0.6) is 11.9 Å². The predicted molar refractivity (Wildman–Crippen MR) is 89.3 cm³/mol. The van der Waals surface area contributed by atoms with Gasteiger partial charge in [0.2, 0.25) is 5.88 Å². The Labute approximate surface area is 139 Å². The third-order valence-corrected chi connectivity index (χ3v) is 4.40. The van der Waals surface area contributed by atoms with E-state index < -0.39 is 5.82 Å². The van der Waals surface area contributed by atoms with Gasteiger partial charge in [-0.15, -0.1) is 11.3 Å². The standard InChI is InChI=1S/C16H10FN5OS/c17-10-7-19-16(22-15(10)18)23-14-6-11(20-8-21-14)13-5-9-3-1-2-4-12(9)24-13/h1-8H,(H2,18,19,22). The van der Waals surface area contributed by atoms with Crippen molar-refractivity contribution in [1.29, 1.82) is 0 Å². The lowest BCUT2D eigenvalue weighted by Gasteiger charge is -2.04. The van der Waals surface area contributed by atoms with Crippen molar-refractivity contribution in [2.45, 2.75) is 0 Å². The number of hydrogen-bond donors (Lipinski definition) is 1. The van der Waals surface area contributed by atoms with E-state index in [2.05, 4.69) is 32.1 Å². The van der Waals surface area contributed by atoms with Crippen molar-refractivity contribution in [2.24, 2.45) is 0 Å². The molecule has 4 aromatic rings. The van der Waals surface area contributed by atoms with Crippen LogP contribution in [0.3, 0.4) is 0 Å². The molecule has 3 aromatic heterocycles. The molecule has 0 aliphatic rings. The summed E-state index contributed by atoms with van der Waals surface area (Å²) in [5, 5.41) is 1.15. The normalized spacial score (nSPS) is 10.9. The quantitative estimate of drug-likeness (QED) is 0.613. The Kier molecular flexibility index (Phi) is 3.51. The smallest absolute Gasteiger partial charge is 0.325 e. The molecule has 0 atom stereocenters. The average Bonchev–Trinajstić information content (AvgIpc) is 3.03. The van der Waals surface area contributed by atoms with Gasteiger partial charge in [-0.2, -0.15) is 4.98 Å². The van der Waals surface area contributed by atoms with Crippen LogP contribution in [0.1, 0.15) is 0 Å². The molecule has 0 bridgehead atoms. The first-order valence-corrected chi connectivity index (χ1v) is 7.77. The molecule has 8 heteroatoms. The molecule has 0 unspecified atom stereocenters. The fraction of sp³-hybridized carbons (Fsp3) is 0. The Bertz CT molecular complexity index is 1000. The number of thiophene rings is 1. The second-order valence-corrected chi connectivity index (χ2v) is 5.96. The molecule has 1 aromatic carbocycles. The SMILES string of the molecule is Nc1nc(Oc2cc(-c3cc4ccccc4s3)ncn2)ncc1F. The molecule has 0 aliphatic carbocycles. The maximum Gasteiger partial charge on any atom is 0.325 e. The van der Waals surface area contributed by atoms with Crippen LogP contribution in [-0.4, -0.2) is 19.9 Å². The molecule has 6 nitrogen and oxygen atoms in total. The summed E-state index contributed by atoms with van der Waals surface area (Å²) in [7, 11) is 0. The van der Waals surface area contributed by atoms with Crippen molar-refractivity contribution in [2.75, 3.05) is 5.73 Å². The maximum atomic E-state index is 13.1. The maximum absolute atomic E-state index is 13.1. The van der Waals surface area contributed by atoms with Gasteiger partial charge in [0.25, 0.3) is 0 Å². The van der Waals surface area contributed by atoms with Gasteiger partial charge in [0.15, 0.2) is 11.6 Å². The highest BCUT2D eigenvalue weighted by Gasteiger charge is 2.10. The highest BCUT2D eigenvalue weighted by molar-refractivity contribution is 7.22. The van der Waals surface area contributed by atoms with Gasteiger partial charge in [-0.1, -0.05) is 18.2 Å². The second-order valence-electron chi connectivity index (χ2n) is 4.88. The van der Waals surface area contributed by atoms with E-state index in [0.29, 0.717) is 0 Å². The number of benzene rings is 1. The summed E-state index contributed by atoms with van der Waals surface area (Å²) in [6, 6.07) is 11.7. The number of nitrogens with two attached hydrogens (primary N) is 1. The first-order valence-electron chi connectivity index (χ1n) is 6.96. The Morgan fingerprint density at radius 3 is 2.79 bits per heavy atom. The summed E-state index contributed by atoms with van der Waals surface area (Å²) in [5.41, 5.74) is 6.12. The monoisotopic (exact) mass is 339 g/mol. The van der Waals surface area contributed by atoms with Crippen molar-refractivity contribution in [1.82, 2.24) is 19.9 Å². The molecule has 4 rings (SSSR count). The number of ether oxygens (including phenoxy) is 1. The van der Waals surface area contributed by atoms with E-state index in [1.165, 1.54) is 11.0 Å². The van der Waals surface area contributed by atoms with E-state index in [0.717, 1.165) is 22.2 Å². The molecule has 24 heavy (non-hydrogen) atoms. The van der Waals surface area contributed by atoms with Crippen LogP contribution in [0.25, 0.3) is 20.7 Å². The molecule has 0 saturated heterocycles. The van der Waals surface area contributed by atoms with Gasteiger partial charge in [0, 0.05) is 10.8 Å². The minimum Gasteiger partial charge on any atom is -0.405 e. The zero-order valence-corrected chi connectivity index (χ0v) is 13.0. The summed E-state index contributed by atoms with van der Waals surface area (Å²) in [5.74, 6) is -0.724. The Morgan fingerprint density at radius 1 is 1.08 bits per heavy atom. The summed E-state index contributed by atoms with van der Waals surface area (Å²) in [4.78, 5) is 16.7. The van der Waals surface area contributed by atoms with Gasteiger partial charge in [-0.3, -0.25) is 0 Å². The number of hydrogen-bond acceptors (Lipinski definition) is 7. The third-order valence-electron chi connectivity index (χ3n) is 3.26. The minimum atomic E-state index is -0.698. The van der Waals surface area contributed by atoms with Gasteiger partial charge in [0.1, 0.15) is 6.33 Å². The first kappa shape index (κ1) is 14.5. The number of nitrogens with zero attached hydrogens (tertiary/aromatic N) is 4. The van der Waals surface area contributed by atoms with E-state index in [1.807, 2.05) is 18.2 Å². The number of fused-ring (bicyclic) bond motifs is 1. The lowest BCUT2D eigenvalue weighted by Crippen LogP contribution is -2.00. The number of rotatable bonds is 3. The molecule has 118 valence electrons. The lowest BCUT2D eigenvalue weighted by atomic mass is 10.2. The van der Waals surface area contributed by atoms with Crippen LogP contribution >= 0.6 is 11.3 Å². The minimum absolute atomic E-state index is 0.0742. The van der Waals surface area contributed by atoms with Crippen molar-refractivity contribution < 1.29 is 9.13 Å². The van der Waals surface area contributed by atoms with Crippen molar-refractivity contribution in [3.05, 3.63) is 54.7 Å². The molecule has 2 N–H and O–H groups in total. The summed E-state index contributed by atoms with van der Waals surface area (Å²) < 4.78 is 19.7. The summed E-state index contributed by atoms with van der Waals surface area (Å²) in [6.45, 7) is 0. The molecule has 3 heterocycles. The van der Waals surface area contributed by atoms with Crippen LogP contribution in [0, 0.1) is 5.82 Å². The lowest BCUT2D eigenvalue weighted by molar-refractivity contribution is 0.421. The van der Waals surface area contributed by atoms with E-state index in [-0.39, 0.29) is 17.7 Å². The number of anilines is 1. The van der Waals surface area contributed by atoms with Gasteiger partial charge in [-0.25, -0.2) is 19.3 Å². The largest absolute Gasteiger partial charge is 0.405 e. The molecule has 0 spiro atoms. The first-order chi connectivity index (χ1) is 11.7. The average molecular weight is 339 g/mol. The van der Waals surface area contributed by atoms with Crippen molar-refractivity contribution in [3.8, 4) is 22.5 Å². The molecule has 0 radical (unpaired) electrons. The molecule has 0 saturated carbocycles. The van der Waals surface area contributed by atoms with E-state index in [9.17, 15) is 4.39 Å². The van der Waals surface area contributed by atoms with Crippen molar-refractivity contribution in [3.63, 3.8) is 0 Å². The number of nitrogen functional groups attached to an aromatic ring is 1. The Hall–Kier alpha value is -3.13. The Morgan fingerprint density at radius 2 is 1.96 bits per heavy atom. The Balaban J connectivity index is 1.66. The number of halogens is 1. The molecular formula is C16H10FN5OS. The van der Waals surface area contributed by atoms with E-state index in [4.69, 9.17) is 10.5 Å². The van der Waals surface area contributed by atoms with E-state index in [1.54, 1.807) is 17.4 Å². The zero-order valence-electron chi connectivity index (χ0n) is 12.2. The predicted octanol–water partition coefficient (Wildman–Crippen LogP) is 3.66. The van der Waals surface area contributed by atoms with E-state index >= 15 is 0 Å². The second kappa shape index (κ2) is 5.82. The van der Waals surface area contributed by atoms with Gasteiger partial charge < -0.3 is 10.5 Å². The van der Waals surface area contributed by atoms with Crippen LogP contribution in [0.15, 0.2) is 48.9 Å². The zero-order chi connectivity index (χ0) is 16.5. The van der Waals surface area contributed by atoms with Crippen molar-refractivity contribution >= 4 is 27.2 Å².